The van der Waals surface area contributed by atoms with Gasteiger partial charge in [0.15, 0.2) is 0 Å². The Morgan fingerprint density at radius 1 is 1.15 bits per heavy atom. The van der Waals surface area contributed by atoms with Gasteiger partial charge in [0.25, 0.3) is 10.0 Å². The highest BCUT2D eigenvalue weighted by Gasteiger charge is 2.32. The number of carbonyl (C=O) groups excluding carboxylic acids is 1. The maximum atomic E-state index is 13.1. The van der Waals surface area contributed by atoms with E-state index in [0.29, 0.717) is 17.2 Å². The minimum Gasteiger partial charge on any atom is -0.356 e. The van der Waals surface area contributed by atoms with Crippen LogP contribution in [0.5, 0.6) is 0 Å². The van der Waals surface area contributed by atoms with Crippen LogP contribution >= 0.6 is 11.3 Å². The molecule has 0 aliphatic heterocycles. The summed E-state index contributed by atoms with van der Waals surface area (Å²) in [6.07, 6.45) is 0.621. The first-order valence-corrected chi connectivity index (χ1v) is 10.8. The van der Waals surface area contributed by atoms with Gasteiger partial charge in [-0.1, -0.05) is 44.2 Å². The predicted octanol–water partition coefficient (Wildman–Crippen LogP) is 3.44. The fourth-order valence-corrected chi connectivity index (χ4v) is 5.97. The van der Waals surface area contributed by atoms with Crippen molar-refractivity contribution < 1.29 is 13.2 Å². The summed E-state index contributed by atoms with van der Waals surface area (Å²) in [5.41, 5.74) is 0.982. The van der Waals surface area contributed by atoms with Crippen LogP contribution < -0.4 is 5.32 Å². The second-order valence-electron chi connectivity index (χ2n) is 6.57. The number of benzene rings is 1. The fraction of sp³-hybridized carbons (Fsp3) is 0.421. The number of nitrogens with zero attached hydrogens (tertiary/aromatic N) is 1. The van der Waals surface area contributed by atoms with E-state index in [9.17, 15) is 13.2 Å². The van der Waals surface area contributed by atoms with Crippen molar-refractivity contribution in [1.29, 1.82) is 0 Å². The van der Waals surface area contributed by atoms with Crippen molar-refractivity contribution in [2.24, 2.45) is 5.92 Å². The number of sulfonamides is 1. The van der Waals surface area contributed by atoms with Crippen LogP contribution in [0.15, 0.2) is 46.7 Å². The van der Waals surface area contributed by atoms with E-state index in [2.05, 4.69) is 5.32 Å². The molecule has 1 atom stereocenters. The molecule has 2 rings (SSSR count). The van der Waals surface area contributed by atoms with Crippen LogP contribution in [0.25, 0.3) is 0 Å². The lowest BCUT2D eigenvalue weighted by Gasteiger charge is -2.30. The van der Waals surface area contributed by atoms with Crippen LogP contribution in [0.2, 0.25) is 0 Å². The minimum atomic E-state index is -3.59. The quantitative estimate of drug-likeness (QED) is 0.746. The van der Waals surface area contributed by atoms with E-state index in [1.807, 2.05) is 50.2 Å². The summed E-state index contributed by atoms with van der Waals surface area (Å²) in [6, 6.07) is 12.9. The summed E-state index contributed by atoms with van der Waals surface area (Å²) < 4.78 is 28.0. The van der Waals surface area contributed by atoms with E-state index >= 15 is 0 Å². The molecule has 26 heavy (non-hydrogen) atoms. The topological polar surface area (TPSA) is 66.5 Å². The average Bonchev–Trinajstić information content (AvgIpc) is 3.05. The summed E-state index contributed by atoms with van der Waals surface area (Å²) in [5.74, 6) is 0.0492. The third-order valence-electron chi connectivity index (χ3n) is 4.18. The van der Waals surface area contributed by atoms with Gasteiger partial charge in [0.1, 0.15) is 4.21 Å². The van der Waals surface area contributed by atoms with Gasteiger partial charge in [-0.05, 0) is 30.0 Å². The average molecular weight is 395 g/mol. The number of rotatable bonds is 8. The Balaban J connectivity index is 2.22. The number of hydrogen-bond acceptors (Lipinski definition) is 4. The first-order chi connectivity index (χ1) is 12.2. The third-order valence-corrected chi connectivity index (χ3v) is 7.63. The molecule has 0 aliphatic rings. The van der Waals surface area contributed by atoms with Gasteiger partial charge in [-0.3, -0.25) is 4.79 Å². The van der Waals surface area contributed by atoms with Gasteiger partial charge in [0.05, 0.1) is 6.04 Å². The number of hydrogen-bond donors (Lipinski definition) is 1. The van der Waals surface area contributed by atoms with Gasteiger partial charge in [0.2, 0.25) is 5.91 Å². The standard InChI is InChI=1S/C19H26N2O3S2/c1-14(2)19(16-8-6-5-7-9-16)21(4)26(23,24)18-11-10-17(25-18)12-13-20-15(3)22/h5-11,14,19H,12-13H2,1-4H3,(H,20,22). The zero-order valence-electron chi connectivity index (χ0n) is 15.6. The second kappa shape index (κ2) is 8.79. The zero-order valence-corrected chi connectivity index (χ0v) is 17.2. The van der Waals surface area contributed by atoms with Crippen molar-refractivity contribution in [2.45, 2.75) is 37.4 Å². The Kier molecular flexibility index (Phi) is 6.97. The maximum Gasteiger partial charge on any atom is 0.252 e. The molecule has 0 aliphatic carbocycles. The Morgan fingerprint density at radius 3 is 2.38 bits per heavy atom. The molecule has 7 heteroatoms. The maximum absolute atomic E-state index is 13.1. The van der Waals surface area contributed by atoms with Crippen molar-refractivity contribution in [1.82, 2.24) is 9.62 Å². The summed E-state index contributed by atoms with van der Waals surface area (Å²) in [5, 5.41) is 2.73. The van der Waals surface area contributed by atoms with E-state index in [0.717, 1.165) is 10.4 Å². The van der Waals surface area contributed by atoms with E-state index in [4.69, 9.17) is 0 Å². The third kappa shape index (κ3) is 4.93. The molecule has 1 aromatic heterocycles. The van der Waals surface area contributed by atoms with Gasteiger partial charge >= 0.3 is 0 Å². The molecule has 142 valence electrons. The van der Waals surface area contributed by atoms with E-state index in [-0.39, 0.29) is 17.9 Å². The molecule has 0 saturated heterocycles. The highest BCUT2D eigenvalue weighted by molar-refractivity contribution is 7.91. The largest absolute Gasteiger partial charge is 0.356 e. The van der Waals surface area contributed by atoms with Crippen molar-refractivity contribution in [3.8, 4) is 0 Å². The molecule has 0 radical (unpaired) electrons. The van der Waals surface area contributed by atoms with Crippen LogP contribution in [0.4, 0.5) is 0 Å². The molecule has 1 heterocycles. The van der Waals surface area contributed by atoms with Gasteiger partial charge in [-0.15, -0.1) is 11.3 Å². The van der Waals surface area contributed by atoms with Gasteiger partial charge in [-0.2, -0.15) is 4.31 Å². The molecule has 1 aromatic carbocycles. The van der Waals surface area contributed by atoms with Crippen LogP contribution in [0.3, 0.4) is 0 Å². The Morgan fingerprint density at radius 2 is 1.81 bits per heavy atom. The second-order valence-corrected chi connectivity index (χ2v) is 9.97. The number of nitrogens with one attached hydrogen (secondary N) is 1. The van der Waals surface area contributed by atoms with Crippen LogP contribution in [0.1, 0.15) is 37.3 Å². The van der Waals surface area contributed by atoms with Crippen LogP contribution in [-0.4, -0.2) is 32.2 Å². The Labute approximate surface area is 160 Å². The molecule has 5 nitrogen and oxygen atoms in total. The van der Waals surface area contributed by atoms with Gasteiger partial charge < -0.3 is 5.32 Å². The van der Waals surface area contributed by atoms with Gasteiger partial charge in [-0.25, -0.2) is 8.42 Å². The van der Waals surface area contributed by atoms with Crippen molar-refractivity contribution in [2.75, 3.05) is 13.6 Å². The Bertz CT molecular complexity index is 829. The lowest BCUT2D eigenvalue weighted by atomic mass is 9.96. The lowest BCUT2D eigenvalue weighted by molar-refractivity contribution is -0.118. The molecule has 1 amide bonds. The minimum absolute atomic E-state index is 0.0863. The molecule has 2 aromatic rings. The van der Waals surface area contributed by atoms with Crippen molar-refractivity contribution in [3.63, 3.8) is 0 Å². The molecular weight excluding hydrogens is 368 g/mol. The number of thiophene rings is 1. The number of amides is 1. The van der Waals surface area contributed by atoms with Crippen LogP contribution in [-0.2, 0) is 21.2 Å². The van der Waals surface area contributed by atoms with Crippen LogP contribution in [0, 0.1) is 5.92 Å². The molecule has 0 spiro atoms. The molecule has 1 unspecified atom stereocenters. The number of carbonyl (C=O) groups is 1. The van der Waals surface area contributed by atoms with E-state index in [1.165, 1.54) is 22.6 Å². The zero-order chi connectivity index (χ0) is 19.3. The van der Waals surface area contributed by atoms with E-state index in [1.54, 1.807) is 13.1 Å². The molecule has 1 N–H and O–H groups in total. The molecule has 0 saturated carbocycles. The smallest absolute Gasteiger partial charge is 0.252 e. The van der Waals surface area contributed by atoms with Crippen molar-refractivity contribution in [3.05, 3.63) is 52.9 Å². The molecule has 0 bridgehead atoms. The van der Waals surface area contributed by atoms with E-state index < -0.39 is 10.0 Å². The molecule has 0 fully saturated rings. The highest BCUT2D eigenvalue weighted by Crippen LogP contribution is 2.34. The van der Waals surface area contributed by atoms with Gasteiger partial charge in [0, 0.05) is 25.4 Å². The first kappa shape index (κ1) is 20.6. The highest BCUT2D eigenvalue weighted by atomic mass is 32.2. The van der Waals surface area contributed by atoms with Crippen molar-refractivity contribution >= 4 is 27.3 Å². The SMILES string of the molecule is CC(=O)NCCc1ccc(S(=O)(=O)N(C)C(c2ccccc2)C(C)C)s1. The Hall–Kier alpha value is -1.70. The normalized spacial score (nSPS) is 13.2. The summed E-state index contributed by atoms with van der Waals surface area (Å²) in [6.45, 7) is 6.02. The summed E-state index contributed by atoms with van der Waals surface area (Å²) in [7, 11) is -1.94. The summed E-state index contributed by atoms with van der Waals surface area (Å²) in [4.78, 5) is 11.9. The summed E-state index contributed by atoms with van der Waals surface area (Å²) >= 11 is 1.26. The fourth-order valence-electron chi connectivity index (χ4n) is 2.95. The monoisotopic (exact) mass is 394 g/mol. The first-order valence-electron chi connectivity index (χ1n) is 8.59. The lowest BCUT2D eigenvalue weighted by Crippen LogP contribution is -2.33. The predicted molar refractivity (Wildman–Crippen MR) is 106 cm³/mol. The molecular formula is C19H26N2O3S2.